The van der Waals surface area contributed by atoms with Gasteiger partial charge in [0.15, 0.2) is 0 Å². The second kappa shape index (κ2) is 13.0. The van der Waals surface area contributed by atoms with E-state index in [2.05, 4.69) is 16.5 Å². The van der Waals surface area contributed by atoms with E-state index in [9.17, 15) is 14.9 Å². The fourth-order valence-corrected chi connectivity index (χ4v) is 7.43. The third-order valence-electron chi connectivity index (χ3n) is 8.37. The van der Waals surface area contributed by atoms with Gasteiger partial charge in [-0.25, -0.2) is 4.79 Å². The van der Waals surface area contributed by atoms with E-state index in [-0.39, 0.29) is 18.5 Å². The minimum absolute atomic E-state index is 0.112. The average Bonchev–Trinajstić information content (AvgIpc) is 3.71. The number of hydrogen-bond donors (Lipinski definition) is 1. The average molecular weight is 664 g/mol. The van der Waals surface area contributed by atoms with Gasteiger partial charge in [-0.3, -0.25) is 9.48 Å². The predicted octanol–water partition coefficient (Wildman–Crippen LogP) is 7.47. The molecule has 0 radical (unpaired) electrons. The fraction of sp³-hybridized carbons (Fsp3) is 0.297. The van der Waals surface area contributed by atoms with Crippen molar-refractivity contribution in [2.75, 3.05) is 20.8 Å². The standard InChI is InChI=1S/C37H37N5O5S/c1-37(2,3)47-36(44)39-16-15-30-27-17-22(12-14-26(27)35(43)42(30)21-23-11-13-24(45-5)18-31(23)46-6)29-20-40-41(4)33(29)34-28(19-38)25-9-7-8-10-32(25)48-34/h7-14,17-18,20,30H,15-16,21H2,1-6H3,(H,39,44). The highest BCUT2D eigenvalue weighted by Gasteiger charge is 2.37. The van der Waals surface area contributed by atoms with Gasteiger partial charge in [0.2, 0.25) is 0 Å². The van der Waals surface area contributed by atoms with Crippen molar-refractivity contribution in [1.82, 2.24) is 20.0 Å². The molecule has 1 atom stereocenters. The minimum Gasteiger partial charge on any atom is -0.497 e. The van der Waals surface area contributed by atoms with Gasteiger partial charge < -0.3 is 24.4 Å². The highest BCUT2D eigenvalue weighted by Crippen LogP contribution is 2.45. The number of alkyl carbamates (subject to hydrolysis) is 1. The quantitative estimate of drug-likeness (QED) is 0.174. The van der Waals surface area contributed by atoms with Crippen molar-refractivity contribution in [3.63, 3.8) is 0 Å². The Morgan fingerprint density at radius 1 is 1.06 bits per heavy atom. The van der Waals surface area contributed by atoms with Crippen LogP contribution in [0.2, 0.25) is 0 Å². The van der Waals surface area contributed by atoms with Crippen LogP contribution >= 0.6 is 11.3 Å². The third kappa shape index (κ3) is 6.19. The molecule has 5 aromatic rings. The molecule has 48 heavy (non-hydrogen) atoms. The first-order chi connectivity index (χ1) is 23.0. The van der Waals surface area contributed by atoms with E-state index in [1.54, 1.807) is 42.5 Å². The number of nitrogens with one attached hydrogen (secondary N) is 1. The van der Waals surface area contributed by atoms with Crippen LogP contribution in [0.1, 0.15) is 60.3 Å². The number of nitriles is 1. The van der Waals surface area contributed by atoms with Crippen molar-refractivity contribution in [2.24, 2.45) is 7.05 Å². The number of rotatable bonds is 9. The van der Waals surface area contributed by atoms with Gasteiger partial charge in [0.1, 0.15) is 23.2 Å². The maximum atomic E-state index is 14.0. The van der Waals surface area contributed by atoms with Crippen molar-refractivity contribution >= 4 is 33.4 Å². The van der Waals surface area contributed by atoms with Crippen molar-refractivity contribution in [3.05, 3.63) is 89.1 Å². The molecule has 3 aromatic carbocycles. The van der Waals surface area contributed by atoms with Crippen LogP contribution in [0.5, 0.6) is 11.5 Å². The number of carbonyl (C=O) groups is 2. The lowest BCUT2D eigenvalue weighted by molar-refractivity contribution is 0.0521. The molecule has 0 saturated carbocycles. The molecule has 1 N–H and O–H groups in total. The van der Waals surface area contributed by atoms with Gasteiger partial charge in [0.25, 0.3) is 5.91 Å². The molecular formula is C37H37N5O5S. The summed E-state index contributed by atoms with van der Waals surface area (Å²) >= 11 is 1.56. The molecule has 0 fully saturated rings. The summed E-state index contributed by atoms with van der Waals surface area (Å²) in [6.07, 6.45) is 1.74. The molecule has 1 aliphatic heterocycles. The van der Waals surface area contributed by atoms with E-state index in [0.29, 0.717) is 35.6 Å². The Kier molecular flexibility index (Phi) is 8.86. The van der Waals surface area contributed by atoms with Crippen LogP contribution in [0.3, 0.4) is 0 Å². The van der Waals surface area contributed by atoms with E-state index in [1.807, 2.05) is 87.3 Å². The van der Waals surface area contributed by atoms with Gasteiger partial charge in [-0.15, -0.1) is 11.3 Å². The maximum Gasteiger partial charge on any atom is 0.407 e. The maximum absolute atomic E-state index is 14.0. The highest BCUT2D eigenvalue weighted by molar-refractivity contribution is 7.22. The molecule has 1 aliphatic rings. The lowest BCUT2D eigenvalue weighted by Gasteiger charge is -2.27. The van der Waals surface area contributed by atoms with Crippen molar-refractivity contribution in [1.29, 1.82) is 5.26 Å². The lowest BCUT2D eigenvalue weighted by Crippen LogP contribution is -2.35. The van der Waals surface area contributed by atoms with E-state index in [0.717, 1.165) is 42.9 Å². The van der Waals surface area contributed by atoms with E-state index < -0.39 is 11.7 Å². The SMILES string of the molecule is COc1ccc(CN2C(=O)c3ccc(-c4cnn(C)c4-c4sc5ccccc5c4C#N)cc3C2CCNC(=O)OC(C)(C)C)c(OC)c1. The Morgan fingerprint density at radius 3 is 2.58 bits per heavy atom. The number of methoxy groups -OCH3 is 2. The van der Waals surface area contributed by atoms with Gasteiger partial charge in [-0.1, -0.05) is 24.3 Å². The summed E-state index contributed by atoms with van der Waals surface area (Å²) in [5.74, 6) is 1.15. The third-order valence-corrected chi connectivity index (χ3v) is 9.55. The molecule has 10 nitrogen and oxygen atoms in total. The zero-order chi connectivity index (χ0) is 34.2. The summed E-state index contributed by atoms with van der Waals surface area (Å²) in [6.45, 7) is 6.02. The molecule has 246 valence electrons. The van der Waals surface area contributed by atoms with Crippen LogP contribution < -0.4 is 14.8 Å². The zero-order valence-corrected chi connectivity index (χ0v) is 28.6. The monoisotopic (exact) mass is 663 g/mol. The topological polar surface area (TPSA) is 119 Å². The van der Waals surface area contributed by atoms with Crippen LogP contribution in [-0.4, -0.2) is 53.0 Å². The molecular weight excluding hydrogens is 627 g/mol. The molecule has 0 spiro atoms. The van der Waals surface area contributed by atoms with Crippen molar-refractivity contribution in [2.45, 2.75) is 45.4 Å². The largest absolute Gasteiger partial charge is 0.497 e. The lowest BCUT2D eigenvalue weighted by atomic mass is 9.95. The summed E-state index contributed by atoms with van der Waals surface area (Å²) in [5, 5.41) is 18.5. The van der Waals surface area contributed by atoms with Crippen LogP contribution in [0.25, 0.3) is 31.8 Å². The predicted molar refractivity (Wildman–Crippen MR) is 185 cm³/mol. The Balaban J connectivity index is 1.39. The molecule has 1 unspecified atom stereocenters. The zero-order valence-electron chi connectivity index (χ0n) is 27.8. The first kappa shape index (κ1) is 32.6. The fourth-order valence-electron chi connectivity index (χ4n) is 6.19. The number of carbonyl (C=O) groups excluding carboxylic acids is 2. The highest BCUT2D eigenvalue weighted by atomic mass is 32.1. The Labute approximate surface area is 283 Å². The molecule has 11 heteroatoms. The van der Waals surface area contributed by atoms with Crippen LogP contribution in [-0.2, 0) is 18.3 Å². The summed E-state index contributed by atoms with van der Waals surface area (Å²) in [7, 11) is 5.06. The second-order valence-corrected chi connectivity index (χ2v) is 13.6. The van der Waals surface area contributed by atoms with Gasteiger partial charge >= 0.3 is 6.09 Å². The molecule has 2 aromatic heterocycles. The van der Waals surface area contributed by atoms with E-state index in [4.69, 9.17) is 14.2 Å². The molecule has 0 aliphatic carbocycles. The van der Waals surface area contributed by atoms with Crippen LogP contribution in [0.15, 0.2) is 66.9 Å². The molecule has 0 bridgehead atoms. The summed E-state index contributed by atoms with van der Waals surface area (Å²) in [6, 6.07) is 21.3. The summed E-state index contributed by atoms with van der Waals surface area (Å²) in [5.41, 5.74) is 4.82. The number of nitrogens with zero attached hydrogens (tertiary/aromatic N) is 4. The van der Waals surface area contributed by atoms with E-state index >= 15 is 0 Å². The number of aryl methyl sites for hydroxylation is 1. The first-order valence-electron chi connectivity index (χ1n) is 15.6. The number of aromatic nitrogens is 2. The Hall–Kier alpha value is -5.34. The number of thiophene rings is 1. The Bertz CT molecular complexity index is 2070. The molecule has 2 amide bonds. The van der Waals surface area contributed by atoms with Gasteiger partial charge in [0.05, 0.1) is 49.1 Å². The number of hydrogen-bond acceptors (Lipinski definition) is 8. The molecule has 6 rings (SSSR count). The molecule has 3 heterocycles. The normalized spacial score (nSPS) is 14.1. The Morgan fingerprint density at radius 2 is 1.85 bits per heavy atom. The number of benzene rings is 3. The summed E-state index contributed by atoms with van der Waals surface area (Å²) < 4.78 is 19.3. The van der Waals surface area contributed by atoms with E-state index in [1.165, 1.54) is 0 Å². The van der Waals surface area contributed by atoms with Gasteiger partial charge in [-0.2, -0.15) is 10.4 Å². The number of fused-ring (bicyclic) bond motifs is 2. The molecule has 0 saturated heterocycles. The van der Waals surface area contributed by atoms with Crippen molar-refractivity contribution < 1.29 is 23.8 Å². The number of ether oxygens (including phenoxy) is 3. The van der Waals surface area contributed by atoms with Gasteiger partial charge in [0, 0.05) is 46.4 Å². The van der Waals surface area contributed by atoms with Crippen LogP contribution in [0.4, 0.5) is 4.79 Å². The summed E-state index contributed by atoms with van der Waals surface area (Å²) in [4.78, 5) is 29.2. The first-order valence-corrected chi connectivity index (χ1v) is 16.4. The van der Waals surface area contributed by atoms with Crippen LogP contribution in [0, 0.1) is 11.3 Å². The second-order valence-electron chi connectivity index (χ2n) is 12.6. The smallest absolute Gasteiger partial charge is 0.407 e. The van der Waals surface area contributed by atoms with Crippen molar-refractivity contribution in [3.8, 4) is 39.3 Å². The van der Waals surface area contributed by atoms with Gasteiger partial charge in [-0.05, 0) is 68.7 Å². The number of amides is 2. The minimum atomic E-state index is -0.632.